The molecule has 0 aliphatic rings. The summed E-state index contributed by atoms with van der Waals surface area (Å²) in [4.78, 5) is 7.59. The van der Waals surface area contributed by atoms with Crippen molar-refractivity contribution in [1.82, 2.24) is 14.7 Å². The summed E-state index contributed by atoms with van der Waals surface area (Å²) >= 11 is 5.75. The third-order valence-electron chi connectivity index (χ3n) is 2.52. The van der Waals surface area contributed by atoms with Crippen molar-refractivity contribution in [2.75, 3.05) is 5.73 Å². The van der Waals surface area contributed by atoms with Gasteiger partial charge in [0, 0.05) is 12.6 Å². The van der Waals surface area contributed by atoms with E-state index in [2.05, 4.69) is 14.7 Å². The molecule has 0 aliphatic heterocycles. The molecule has 2 aromatic heterocycles. The highest BCUT2D eigenvalue weighted by Crippen LogP contribution is 2.19. The van der Waals surface area contributed by atoms with Crippen molar-refractivity contribution in [3.8, 4) is 0 Å². The molecular formula is C11H13ClN4O3S. The summed E-state index contributed by atoms with van der Waals surface area (Å²) < 4.78 is 31.7. The topological polar surface area (TPSA) is 111 Å². The molecular weight excluding hydrogens is 304 g/mol. The molecule has 0 saturated carbocycles. The van der Waals surface area contributed by atoms with Crippen LogP contribution in [0.3, 0.4) is 0 Å². The van der Waals surface area contributed by atoms with Gasteiger partial charge < -0.3 is 10.2 Å². The number of aryl methyl sites for hydroxylation is 1. The summed E-state index contributed by atoms with van der Waals surface area (Å²) in [5.41, 5.74) is 5.43. The summed E-state index contributed by atoms with van der Waals surface area (Å²) in [5.74, 6) is 1.06. The van der Waals surface area contributed by atoms with Gasteiger partial charge in [-0.2, -0.15) is 0 Å². The second-order valence-corrected chi connectivity index (χ2v) is 6.11. The molecule has 20 heavy (non-hydrogen) atoms. The fraction of sp³-hybridized carbons (Fsp3) is 0.273. The molecule has 0 fully saturated rings. The van der Waals surface area contributed by atoms with E-state index in [1.165, 1.54) is 6.07 Å². The Morgan fingerprint density at radius 1 is 1.40 bits per heavy atom. The van der Waals surface area contributed by atoms with Gasteiger partial charge in [-0.25, -0.2) is 23.1 Å². The summed E-state index contributed by atoms with van der Waals surface area (Å²) in [6, 6.07) is 1.24. The van der Waals surface area contributed by atoms with Crippen LogP contribution in [-0.2, 0) is 23.0 Å². The van der Waals surface area contributed by atoms with Crippen molar-refractivity contribution in [1.29, 1.82) is 0 Å². The van der Waals surface area contributed by atoms with Gasteiger partial charge in [0.05, 0.1) is 17.8 Å². The Balaban J connectivity index is 2.12. The van der Waals surface area contributed by atoms with Crippen LogP contribution >= 0.6 is 11.6 Å². The molecule has 0 bridgehead atoms. The number of aromatic nitrogens is 2. The van der Waals surface area contributed by atoms with E-state index in [-0.39, 0.29) is 22.3 Å². The molecule has 0 amide bonds. The van der Waals surface area contributed by atoms with Gasteiger partial charge in [0.15, 0.2) is 0 Å². The minimum absolute atomic E-state index is 0.0513. The first kappa shape index (κ1) is 14.8. The first-order chi connectivity index (χ1) is 9.42. The van der Waals surface area contributed by atoms with E-state index in [9.17, 15) is 8.42 Å². The highest BCUT2D eigenvalue weighted by atomic mass is 35.5. The summed E-state index contributed by atoms with van der Waals surface area (Å²) in [6.07, 6.45) is 3.39. The van der Waals surface area contributed by atoms with E-state index in [0.717, 1.165) is 6.20 Å². The lowest BCUT2D eigenvalue weighted by atomic mass is 10.4. The summed E-state index contributed by atoms with van der Waals surface area (Å²) in [6.45, 7) is 1.86. The van der Waals surface area contributed by atoms with Crippen molar-refractivity contribution in [3.05, 3.63) is 35.1 Å². The predicted octanol–water partition coefficient (Wildman–Crippen LogP) is 1.35. The number of hydrogen-bond donors (Lipinski definition) is 2. The Kier molecular flexibility index (Phi) is 4.26. The number of sulfonamides is 1. The number of rotatable bonds is 5. The minimum Gasteiger partial charge on any atom is -0.444 e. The van der Waals surface area contributed by atoms with Gasteiger partial charge in [-0.1, -0.05) is 18.5 Å². The fourth-order valence-corrected chi connectivity index (χ4v) is 2.59. The van der Waals surface area contributed by atoms with Crippen molar-refractivity contribution < 1.29 is 12.8 Å². The number of nitrogen functional groups attached to an aromatic ring is 1. The second kappa shape index (κ2) is 5.78. The van der Waals surface area contributed by atoms with Gasteiger partial charge in [0.25, 0.3) is 0 Å². The Bertz CT molecular complexity index is 714. The van der Waals surface area contributed by atoms with E-state index in [0.29, 0.717) is 18.1 Å². The molecule has 0 aliphatic carbocycles. The monoisotopic (exact) mass is 316 g/mol. The lowest BCUT2D eigenvalue weighted by Crippen LogP contribution is -2.23. The number of nitrogens with one attached hydrogen (secondary N) is 1. The number of hydrogen-bond acceptors (Lipinski definition) is 6. The highest BCUT2D eigenvalue weighted by Gasteiger charge is 2.17. The number of pyridine rings is 1. The van der Waals surface area contributed by atoms with Crippen molar-refractivity contribution in [3.63, 3.8) is 0 Å². The third kappa shape index (κ3) is 3.27. The maximum absolute atomic E-state index is 12.0. The molecule has 0 atom stereocenters. The zero-order chi connectivity index (χ0) is 14.8. The van der Waals surface area contributed by atoms with Crippen LogP contribution in [-0.4, -0.2) is 18.4 Å². The summed E-state index contributed by atoms with van der Waals surface area (Å²) in [5, 5.41) is 0.0808. The molecule has 2 heterocycles. The first-order valence-corrected chi connectivity index (χ1v) is 7.62. The van der Waals surface area contributed by atoms with Gasteiger partial charge in [0.1, 0.15) is 16.5 Å². The standard InChI is InChI=1S/C11H13ClN4O3S/c1-2-7-4-14-10(19-7)6-16-20(17,18)8-3-9(12)11(13)15-5-8/h3-5,16H,2,6H2,1H3,(H2,13,15). The van der Waals surface area contributed by atoms with Crippen molar-refractivity contribution in [2.45, 2.75) is 24.8 Å². The molecule has 0 spiro atoms. The maximum Gasteiger partial charge on any atom is 0.242 e. The van der Waals surface area contributed by atoms with E-state index >= 15 is 0 Å². The lowest BCUT2D eigenvalue weighted by molar-refractivity contribution is 0.452. The average Bonchev–Trinajstić information content (AvgIpc) is 2.87. The van der Waals surface area contributed by atoms with Gasteiger partial charge in [-0.3, -0.25) is 0 Å². The zero-order valence-corrected chi connectivity index (χ0v) is 12.2. The minimum atomic E-state index is -3.75. The van der Waals surface area contributed by atoms with Crippen LogP contribution in [0, 0.1) is 0 Å². The molecule has 2 aromatic rings. The van der Waals surface area contributed by atoms with E-state index in [1.54, 1.807) is 6.20 Å². The SMILES string of the molecule is CCc1cnc(CNS(=O)(=O)c2cnc(N)c(Cl)c2)o1. The molecule has 2 rings (SSSR count). The number of nitrogens with zero attached hydrogens (tertiary/aromatic N) is 2. The Morgan fingerprint density at radius 3 is 2.75 bits per heavy atom. The van der Waals surface area contributed by atoms with Crippen LogP contribution in [0.15, 0.2) is 27.8 Å². The first-order valence-electron chi connectivity index (χ1n) is 5.76. The lowest BCUT2D eigenvalue weighted by Gasteiger charge is -2.05. The second-order valence-electron chi connectivity index (χ2n) is 3.94. The smallest absolute Gasteiger partial charge is 0.242 e. The van der Waals surface area contributed by atoms with Gasteiger partial charge in [-0.05, 0) is 6.07 Å². The van der Waals surface area contributed by atoms with Crippen LogP contribution < -0.4 is 10.5 Å². The van der Waals surface area contributed by atoms with Gasteiger partial charge in [0.2, 0.25) is 15.9 Å². The Hall–Kier alpha value is -1.64. The van der Waals surface area contributed by atoms with Crippen molar-refractivity contribution in [2.24, 2.45) is 0 Å². The van der Waals surface area contributed by atoms with Crippen LogP contribution in [0.5, 0.6) is 0 Å². The third-order valence-corrected chi connectivity index (χ3v) is 4.19. The van der Waals surface area contributed by atoms with Crippen molar-refractivity contribution >= 4 is 27.4 Å². The van der Waals surface area contributed by atoms with Gasteiger partial charge in [-0.15, -0.1) is 0 Å². The highest BCUT2D eigenvalue weighted by molar-refractivity contribution is 7.89. The molecule has 108 valence electrons. The number of nitrogens with two attached hydrogens (primary N) is 1. The van der Waals surface area contributed by atoms with E-state index in [1.807, 2.05) is 6.92 Å². The number of oxazole rings is 1. The molecule has 3 N–H and O–H groups in total. The fourth-order valence-electron chi connectivity index (χ4n) is 1.41. The molecule has 0 radical (unpaired) electrons. The summed E-state index contributed by atoms with van der Waals surface area (Å²) in [7, 11) is -3.75. The maximum atomic E-state index is 12.0. The van der Waals surface area contributed by atoms with E-state index in [4.69, 9.17) is 21.8 Å². The molecule has 9 heteroatoms. The van der Waals surface area contributed by atoms with Crippen LogP contribution in [0.2, 0.25) is 5.02 Å². The zero-order valence-electron chi connectivity index (χ0n) is 10.6. The van der Waals surface area contributed by atoms with Crippen LogP contribution in [0.25, 0.3) is 0 Å². The van der Waals surface area contributed by atoms with E-state index < -0.39 is 10.0 Å². The normalized spacial score (nSPS) is 11.7. The molecule has 0 unspecified atom stereocenters. The molecule has 0 saturated heterocycles. The largest absolute Gasteiger partial charge is 0.444 e. The average molecular weight is 317 g/mol. The molecule has 0 aromatic carbocycles. The number of halogens is 1. The predicted molar refractivity (Wildman–Crippen MR) is 73.6 cm³/mol. The quantitative estimate of drug-likeness (QED) is 0.861. The Labute approximate surface area is 121 Å². The van der Waals surface area contributed by atoms with Crippen LogP contribution in [0.4, 0.5) is 5.82 Å². The van der Waals surface area contributed by atoms with Gasteiger partial charge >= 0.3 is 0 Å². The van der Waals surface area contributed by atoms with Crippen LogP contribution in [0.1, 0.15) is 18.6 Å². The Morgan fingerprint density at radius 2 is 2.15 bits per heavy atom. The number of anilines is 1. The molecule has 7 nitrogen and oxygen atoms in total.